The van der Waals surface area contributed by atoms with Crippen molar-refractivity contribution in [3.8, 4) is 0 Å². The maximum atomic E-state index is 3.29. The second kappa shape index (κ2) is 6.62. The molecule has 1 N–H and O–H groups in total. The van der Waals surface area contributed by atoms with E-state index in [2.05, 4.69) is 55.3 Å². The molecule has 0 spiro atoms. The fraction of sp³-hybridized carbons (Fsp3) is 0.667. The van der Waals surface area contributed by atoms with E-state index in [0.29, 0.717) is 5.41 Å². The Bertz CT molecular complexity index is 420. The summed E-state index contributed by atoms with van der Waals surface area (Å²) in [7, 11) is 2.02. The highest BCUT2D eigenvalue weighted by Gasteiger charge is 2.27. The number of anilines is 1. The molecule has 2 nitrogen and oxygen atoms in total. The zero-order valence-corrected chi connectivity index (χ0v) is 13.6. The first-order chi connectivity index (χ1) is 9.52. The van der Waals surface area contributed by atoms with E-state index < -0.39 is 0 Å². The lowest BCUT2D eigenvalue weighted by Gasteiger charge is -2.30. The first kappa shape index (κ1) is 15.4. The maximum Gasteiger partial charge on any atom is 0.0411 e. The molecule has 1 fully saturated rings. The van der Waals surface area contributed by atoms with E-state index >= 15 is 0 Å². The van der Waals surface area contributed by atoms with Crippen LogP contribution in [-0.2, 0) is 6.54 Å². The summed E-state index contributed by atoms with van der Waals surface area (Å²) in [6.45, 7) is 10.5. The lowest BCUT2D eigenvalue weighted by molar-refractivity contribution is 0.220. The zero-order valence-electron chi connectivity index (χ0n) is 13.6. The minimum Gasteiger partial charge on any atom is -0.371 e. The van der Waals surface area contributed by atoms with Crippen LogP contribution < -0.4 is 10.2 Å². The lowest BCUT2D eigenvalue weighted by atomic mass is 9.77. The van der Waals surface area contributed by atoms with Crippen molar-refractivity contribution >= 4 is 5.69 Å². The molecule has 20 heavy (non-hydrogen) atoms. The molecule has 1 aromatic rings. The Morgan fingerprint density at radius 2 is 1.90 bits per heavy atom. The molecule has 0 saturated carbocycles. The predicted molar refractivity (Wildman–Crippen MR) is 88.2 cm³/mol. The number of rotatable bonds is 3. The average Bonchev–Trinajstić information content (AvgIpc) is 2.65. The number of benzene rings is 1. The third kappa shape index (κ3) is 3.76. The molecular weight excluding hydrogens is 244 g/mol. The summed E-state index contributed by atoms with van der Waals surface area (Å²) in [4.78, 5) is 2.60. The van der Waals surface area contributed by atoms with E-state index in [1.807, 2.05) is 7.05 Å². The van der Waals surface area contributed by atoms with Gasteiger partial charge in [0.1, 0.15) is 0 Å². The monoisotopic (exact) mass is 274 g/mol. The standard InChI is InChI=1S/C18H30N2/c1-18(2,3)16-9-7-12-20(13-11-16)17-10-6-5-8-15(17)14-19-4/h5-6,8,10,16,19H,7,9,11-14H2,1-4H3. The minimum absolute atomic E-state index is 0.445. The van der Waals surface area contributed by atoms with Gasteiger partial charge in [0.05, 0.1) is 0 Å². The molecule has 2 rings (SSSR count). The van der Waals surface area contributed by atoms with Crippen LogP contribution in [-0.4, -0.2) is 20.1 Å². The van der Waals surface area contributed by atoms with Gasteiger partial charge < -0.3 is 10.2 Å². The van der Waals surface area contributed by atoms with Crippen molar-refractivity contribution < 1.29 is 0 Å². The van der Waals surface area contributed by atoms with Crippen LogP contribution in [0.25, 0.3) is 0 Å². The first-order valence-electron chi connectivity index (χ1n) is 8.00. The Morgan fingerprint density at radius 3 is 2.60 bits per heavy atom. The molecule has 0 bridgehead atoms. The fourth-order valence-electron chi connectivity index (χ4n) is 3.36. The van der Waals surface area contributed by atoms with Gasteiger partial charge in [-0.25, -0.2) is 0 Å². The molecule has 1 aliphatic heterocycles. The van der Waals surface area contributed by atoms with Crippen molar-refractivity contribution in [2.24, 2.45) is 11.3 Å². The number of hydrogen-bond donors (Lipinski definition) is 1. The van der Waals surface area contributed by atoms with Gasteiger partial charge in [-0.05, 0) is 49.3 Å². The van der Waals surface area contributed by atoms with Crippen LogP contribution in [0.3, 0.4) is 0 Å². The predicted octanol–water partition coefficient (Wildman–Crippen LogP) is 4.06. The van der Waals surface area contributed by atoms with Crippen molar-refractivity contribution in [2.45, 2.75) is 46.6 Å². The smallest absolute Gasteiger partial charge is 0.0411 e. The molecule has 1 aliphatic rings. The summed E-state index contributed by atoms with van der Waals surface area (Å²) in [5, 5.41) is 3.29. The Labute approximate surface area is 124 Å². The number of hydrogen-bond acceptors (Lipinski definition) is 2. The van der Waals surface area contributed by atoms with Crippen molar-refractivity contribution in [3.63, 3.8) is 0 Å². The van der Waals surface area contributed by atoms with Gasteiger partial charge in [0, 0.05) is 25.3 Å². The lowest BCUT2D eigenvalue weighted by Crippen LogP contribution is -2.27. The van der Waals surface area contributed by atoms with Crippen LogP contribution in [0.5, 0.6) is 0 Å². The Morgan fingerprint density at radius 1 is 1.15 bits per heavy atom. The summed E-state index contributed by atoms with van der Waals surface area (Å²) in [6, 6.07) is 8.84. The second-order valence-corrected chi connectivity index (χ2v) is 7.14. The molecule has 0 aromatic heterocycles. The van der Waals surface area contributed by atoms with Gasteiger partial charge in [0.25, 0.3) is 0 Å². The Kier molecular flexibility index (Phi) is 5.09. The highest BCUT2D eigenvalue weighted by molar-refractivity contribution is 5.53. The number of para-hydroxylation sites is 1. The van der Waals surface area contributed by atoms with Crippen molar-refractivity contribution in [2.75, 3.05) is 25.0 Å². The average molecular weight is 274 g/mol. The van der Waals surface area contributed by atoms with E-state index in [1.165, 1.54) is 43.6 Å². The molecule has 1 unspecified atom stereocenters. The van der Waals surface area contributed by atoms with Gasteiger partial charge >= 0.3 is 0 Å². The van der Waals surface area contributed by atoms with Gasteiger partial charge in [-0.15, -0.1) is 0 Å². The van der Waals surface area contributed by atoms with Crippen LogP contribution in [0, 0.1) is 11.3 Å². The molecule has 0 amide bonds. The largest absolute Gasteiger partial charge is 0.371 e. The van der Waals surface area contributed by atoms with Gasteiger partial charge in [0.2, 0.25) is 0 Å². The maximum absolute atomic E-state index is 3.29. The molecular formula is C18H30N2. The van der Waals surface area contributed by atoms with E-state index in [4.69, 9.17) is 0 Å². The van der Waals surface area contributed by atoms with Gasteiger partial charge in [-0.3, -0.25) is 0 Å². The summed E-state index contributed by atoms with van der Waals surface area (Å²) in [5.74, 6) is 0.851. The molecule has 1 heterocycles. The van der Waals surface area contributed by atoms with Gasteiger partial charge in [-0.1, -0.05) is 39.0 Å². The highest BCUT2D eigenvalue weighted by atomic mass is 15.1. The van der Waals surface area contributed by atoms with E-state index in [0.717, 1.165) is 12.5 Å². The molecule has 1 saturated heterocycles. The van der Waals surface area contributed by atoms with E-state index in [-0.39, 0.29) is 0 Å². The van der Waals surface area contributed by atoms with Crippen LogP contribution in [0.4, 0.5) is 5.69 Å². The van der Waals surface area contributed by atoms with Crippen LogP contribution in [0.1, 0.15) is 45.6 Å². The van der Waals surface area contributed by atoms with Crippen molar-refractivity contribution in [3.05, 3.63) is 29.8 Å². The molecule has 0 radical (unpaired) electrons. The van der Waals surface area contributed by atoms with E-state index in [1.54, 1.807) is 0 Å². The quantitative estimate of drug-likeness (QED) is 0.894. The Hall–Kier alpha value is -1.02. The van der Waals surface area contributed by atoms with Crippen LogP contribution >= 0.6 is 0 Å². The first-order valence-corrected chi connectivity index (χ1v) is 8.00. The normalized spacial score (nSPS) is 20.8. The fourth-order valence-corrected chi connectivity index (χ4v) is 3.36. The summed E-state index contributed by atoms with van der Waals surface area (Å²) < 4.78 is 0. The Balaban J connectivity index is 2.11. The SMILES string of the molecule is CNCc1ccccc1N1CCCC(C(C)(C)C)CC1. The van der Waals surface area contributed by atoms with E-state index in [9.17, 15) is 0 Å². The minimum atomic E-state index is 0.445. The molecule has 0 aliphatic carbocycles. The third-order valence-electron chi connectivity index (χ3n) is 4.65. The number of nitrogens with one attached hydrogen (secondary N) is 1. The number of nitrogens with zero attached hydrogens (tertiary/aromatic N) is 1. The van der Waals surface area contributed by atoms with Crippen molar-refractivity contribution in [1.29, 1.82) is 0 Å². The summed E-state index contributed by atoms with van der Waals surface area (Å²) in [5.41, 5.74) is 3.29. The van der Waals surface area contributed by atoms with Gasteiger partial charge in [-0.2, -0.15) is 0 Å². The zero-order chi connectivity index (χ0) is 14.6. The topological polar surface area (TPSA) is 15.3 Å². The molecule has 1 aromatic carbocycles. The van der Waals surface area contributed by atoms with Crippen LogP contribution in [0.15, 0.2) is 24.3 Å². The third-order valence-corrected chi connectivity index (χ3v) is 4.65. The second-order valence-electron chi connectivity index (χ2n) is 7.14. The van der Waals surface area contributed by atoms with Crippen LogP contribution in [0.2, 0.25) is 0 Å². The molecule has 1 atom stereocenters. The molecule has 112 valence electrons. The summed E-state index contributed by atoms with van der Waals surface area (Å²) in [6.07, 6.45) is 4.00. The van der Waals surface area contributed by atoms with Crippen molar-refractivity contribution in [1.82, 2.24) is 5.32 Å². The molecule has 2 heteroatoms. The highest BCUT2D eigenvalue weighted by Crippen LogP contribution is 2.35. The summed E-state index contributed by atoms with van der Waals surface area (Å²) >= 11 is 0. The van der Waals surface area contributed by atoms with Gasteiger partial charge in [0.15, 0.2) is 0 Å².